The highest BCUT2D eigenvalue weighted by Gasteiger charge is 2.13. The Kier molecular flexibility index (Phi) is 8.63. The zero-order valence-corrected chi connectivity index (χ0v) is 30.9. The van der Waals surface area contributed by atoms with E-state index in [2.05, 4.69) is 231 Å². The molecule has 0 atom stereocenters. The summed E-state index contributed by atoms with van der Waals surface area (Å²) < 4.78 is 0. The molecular formula is C56H38. The maximum absolute atomic E-state index is 2.35. The van der Waals surface area contributed by atoms with Crippen molar-refractivity contribution in [3.8, 4) is 22.3 Å². The lowest BCUT2D eigenvalue weighted by Crippen LogP contribution is -1.89. The number of hydrogen-bond donors (Lipinski definition) is 0. The molecule has 0 fully saturated rings. The smallest absolute Gasteiger partial charge is 0.00264 e. The van der Waals surface area contributed by atoms with E-state index in [1.807, 2.05) is 0 Å². The van der Waals surface area contributed by atoms with Crippen molar-refractivity contribution < 1.29 is 0 Å². The summed E-state index contributed by atoms with van der Waals surface area (Å²) in [5, 5.41) is 7.75. The van der Waals surface area contributed by atoms with Crippen molar-refractivity contribution in [3.63, 3.8) is 0 Å². The van der Waals surface area contributed by atoms with Gasteiger partial charge in [-0.15, -0.1) is 0 Å². The van der Waals surface area contributed by atoms with Crippen LogP contribution in [0.15, 0.2) is 218 Å². The van der Waals surface area contributed by atoms with E-state index in [1.165, 1.54) is 99.1 Å². The van der Waals surface area contributed by atoms with Gasteiger partial charge in [0, 0.05) is 0 Å². The molecule has 0 aliphatic heterocycles. The molecule has 0 aromatic heterocycles. The molecule has 10 aromatic carbocycles. The molecule has 0 amide bonds. The summed E-state index contributed by atoms with van der Waals surface area (Å²) in [6.45, 7) is 0. The zero-order valence-electron chi connectivity index (χ0n) is 30.9. The fourth-order valence-electron chi connectivity index (χ4n) is 8.19. The van der Waals surface area contributed by atoms with Gasteiger partial charge in [0.25, 0.3) is 0 Å². The van der Waals surface area contributed by atoms with Crippen LogP contribution in [0, 0.1) is 0 Å². The molecule has 0 aliphatic rings. The van der Waals surface area contributed by atoms with Crippen molar-refractivity contribution in [3.05, 3.63) is 252 Å². The fraction of sp³-hybridized carbons (Fsp3) is 0. The first-order valence-electron chi connectivity index (χ1n) is 19.3. The molecule has 0 nitrogen and oxygen atoms in total. The molecule has 0 saturated carbocycles. The topological polar surface area (TPSA) is 0 Å². The van der Waals surface area contributed by atoms with E-state index in [9.17, 15) is 0 Å². The first-order valence-corrected chi connectivity index (χ1v) is 19.3. The van der Waals surface area contributed by atoms with Crippen molar-refractivity contribution in [2.45, 2.75) is 0 Å². The number of benzene rings is 10. The van der Waals surface area contributed by atoms with E-state index in [1.54, 1.807) is 0 Å². The van der Waals surface area contributed by atoms with Gasteiger partial charge in [-0.25, -0.2) is 0 Å². The third-order valence-corrected chi connectivity index (χ3v) is 11.0. The Morgan fingerprint density at radius 2 is 0.518 bits per heavy atom. The van der Waals surface area contributed by atoms with Crippen molar-refractivity contribution in [1.82, 2.24) is 0 Å². The molecule has 0 saturated heterocycles. The minimum absolute atomic E-state index is 1.18. The van der Waals surface area contributed by atoms with Crippen LogP contribution in [0.2, 0.25) is 0 Å². The van der Waals surface area contributed by atoms with E-state index in [4.69, 9.17) is 0 Å². The standard InChI is InChI=1S/C56H38/c1-5-13-43(14-6-1)53(44-15-7-2-8-16-44)33-39-21-25-41(26-22-39)51-35-47-29-31-49-37-52(38-50-32-30-48(36-51)55(47)56(49)50)42-27-23-40(24-28-42)34-54(45-17-9-3-10-18-45)46-19-11-4-12-20-46/h1-38H. The molecule has 0 N–H and O–H groups in total. The van der Waals surface area contributed by atoms with Crippen LogP contribution in [0.25, 0.3) is 77.9 Å². The lowest BCUT2D eigenvalue weighted by molar-refractivity contribution is 1.55. The lowest BCUT2D eigenvalue weighted by Gasteiger charge is -2.15. The molecule has 56 heavy (non-hydrogen) atoms. The predicted molar refractivity (Wildman–Crippen MR) is 241 cm³/mol. The van der Waals surface area contributed by atoms with Gasteiger partial charge < -0.3 is 0 Å². The van der Waals surface area contributed by atoms with E-state index >= 15 is 0 Å². The quantitative estimate of drug-likeness (QED) is 0.109. The summed E-state index contributed by atoms with van der Waals surface area (Å²) in [7, 11) is 0. The second-order valence-corrected chi connectivity index (χ2v) is 14.6. The Hall–Kier alpha value is -7.28. The minimum Gasteiger partial charge on any atom is -0.0622 e. The number of rotatable bonds is 8. The van der Waals surface area contributed by atoms with Gasteiger partial charge in [0.05, 0.1) is 0 Å². The maximum Gasteiger partial charge on any atom is -0.00264 e. The fourth-order valence-corrected chi connectivity index (χ4v) is 8.19. The van der Waals surface area contributed by atoms with Crippen molar-refractivity contribution in [1.29, 1.82) is 0 Å². The van der Waals surface area contributed by atoms with Crippen LogP contribution in [0.5, 0.6) is 0 Å². The Bertz CT molecular complexity index is 2630. The van der Waals surface area contributed by atoms with Gasteiger partial charge in [-0.2, -0.15) is 0 Å². The summed E-state index contributed by atoms with van der Waals surface area (Å²) in [6.07, 6.45) is 4.59. The van der Waals surface area contributed by atoms with E-state index in [0.717, 1.165) is 0 Å². The van der Waals surface area contributed by atoms with Crippen LogP contribution >= 0.6 is 0 Å². The van der Waals surface area contributed by atoms with Crippen molar-refractivity contribution in [2.75, 3.05) is 0 Å². The summed E-state index contributed by atoms with van der Waals surface area (Å²) in [5.74, 6) is 0. The molecule has 0 heterocycles. The second kappa shape index (κ2) is 14.5. The van der Waals surface area contributed by atoms with Crippen LogP contribution in [0.3, 0.4) is 0 Å². The Labute approximate surface area is 328 Å². The van der Waals surface area contributed by atoms with Gasteiger partial charge in [0.2, 0.25) is 0 Å². The SMILES string of the molecule is C(=C(c1ccccc1)c1ccccc1)c1ccc(-c2cc3ccc4cc(-c5ccc(C=C(c6ccccc6)c6ccccc6)cc5)cc5ccc(c2)c3c45)cc1. The minimum atomic E-state index is 1.18. The number of hydrogen-bond acceptors (Lipinski definition) is 0. The highest BCUT2D eigenvalue weighted by molar-refractivity contribution is 6.24. The predicted octanol–water partition coefficient (Wildman–Crippen LogP) is 15.1. The monoisotopic (exact) mass is 710 g/mol. The van der Waals surface area contributed by atoms with Crippen LogP contribution in [-0.2, 0) is 0 Å². The highest BCUT2D eigenvalue weighted by atomic mass is 14.2. The van der Waals surface area contributed by atoms with E-state index in [0.29, 0.717) is 0 Å². The van der Waals surface area contributed by atoms with Gasteiger partial charge in [0.1, 0.15) is 0 Å². The summed E-state index contributed by atoms with van der Waals surface area (Å²) in [5.41, 5.74) is 14.5. The Morgan fingerprint density at radius 1 is 0.250 bits per heavy atom. The lowest BCUT2D eigenvalue weighted by atomic mass is 9.89. The molecule has 10 rings (SSSR count). The summed E-state index contributed by atoms with van der Waals surface area (Å²) in [4.78, 5) is 0. The molecule has 0 spiro atoms. The third-order valence-electron chi connectivity index (χ3n) is 11.0. The average molecular weight is 711 g/mol. The highest BCUT2D eigenvalue weighted by Crippen LogP contribution is 2.40. The Balaban J connectivity index is 0.961. The van der Waals surface area contributed by atoms with Crippen LogP contribution in [0.1, 0.15) is 33.4 Å². The molecule has 0 aliphatic carbocycles. The maximum atomic E-state index is 2.35. The third kappa shape index (κ3) is 6.48. The van der Waals surface area contributed by atoms with Crippen LogP contribution in [-0.4, -0.2) is 0 Å². The Morgan fingerprint density at radius 3 is 0.786 bits per heavy atom. The summed E-state index contributed by atoms with van der Waals surface area (Å²) in [6, 6.07) is 79.1. The van der Waals surface area contributed by atoms with Gasteiger partial charge >= 0.3 is 0 Å². The molecule has 0 bridgehead atoms. The second-order valence-electron chi connectivity index (χ2n) is 14.6. The molecule has 262 valence electrons. The normalized spacial score (nSPS) is 11.2. The van der Waals surface area contributed by atoms with Crippen molar-refractivity contribution >= 4 is 55.6 Å². The van der Waals surface area contributed by atoms with E-state index in [-0.39, 0.29) is 0 Å². The molecular weight excluding hydrogens is 673 g/mol. The van der Waals surface area contributed by atoms with Crippen LogP contribution < -0.4 is 0 Å². The molecule has 0 heteroatoms. The van der Waals surface area contributed by atoms with Gasteiger partial charge in [-0.3, -0.25) is 0 Å². The van der Waals surface area contributed by atoms with E-state index < -0.39 is 0 Å². The first kappa shape index (κ1) is 33.3. The van der Waals surface area contributed by atoms with Gasteiger partial charge in [0.15, 0.2) is 0 Å². The van der Waals surface area contributed by atoms with Crippen molar-refractivity contribution in [2.24, 2.45) is 0 Å². The zero-order chi connectivity index (χ0) is 37.3. The average Bonchev–Trinajstić information content (AvgIpc) is 3.28. The summed E-state index contributed by atoms with van der Waals surface area (Å²) >= 11 is 0. The van der Waals surface area contributed by atoms with Gasteiger partial charge in [-0.05, 0) is 136 Å². The molecule has 0 radical (unpaired) electrons. The first-order chi connectivity index (χ1) is 27.7. The largest absolute Gasteiger partial charge is 0.0622 e. The molecule has 10 aromatic rings. The molecule has 0 unspecified atom stereocenters. The van der Waals surface area contributed by atoms with Crippen LogP contribution in [0.4, 0.5) is 0 Å². The van der Waals surface area contributed by atoms with Gasteiger partial charge in [-0.1, -0.05) is 194 Å².